The first-order valence-corrected chi connectivity index (χ1v) is 9.83. The number of amides is 2. The lowest BCUT2D eigenvalue weighted by Crippen LogP contribution is -2.41. The van der Waals surface area contributed by atoms with Crippen LogP contribution in [0.4, 0.5) is 0 Å². The molecule has 7 nitrogen and oxygen atoms in total. The van der Waals surface area contributed by atoms with Crippen LogP contribution in [0.15, 0.2) is 59.0 Å². The van der Waals surface area contributed by atoms with E-state index in [0.29, 0.717) is 22.5 Å². The fraction of sp³-hybridized carbons (Fsp3) is 0.167. The van der Waals surface area contributed by atoms with E-state index in [1.165, 1.54) is 0 Å². The average molecular weight is 417 g/mol. The van der Waals surface area contributed by atoms with E-state index >= 15 is 0 Å². The highest BCUT2D eigenvalue weighted by Crippen LogP contribution is 2.28. The van der Waals surface area contributed by atoms with Crippen LogP contribution >= 0.6 is 0 Å². The molecule has 2 aromatic carbocycles. The Labute approximate surface area is 179 Å². The van der Waals surface area contributed by atoms with E-state index in [2.05, 4.69) is 10.9 Å². The third-order valence-electron chi connectivity index (χ3n) is 5.33. The molecule has 0 unspecified atom stereocenters. The topological polar surface area (TPSA) is 85.5 Å². The molecule has 0 fully saturated rings. The summed E-state index contributed by atoms with van der Waals surface area (Å²) in [6.45, 7) is 5.59. The first-order chi connectivity index (χ1) is 14.9. The third kappa shape index (κ3) is 3.66. The lowest BCUT2D eigenvalue weighted by atomic mass is 10.1. The fourth-order valence-electron chi connectivity index (χ4n) is 3.75. The summed E-state index contributed by atoms with van der Waals surface area (Å²) in [6, 6.07) is 16.9. The van der Waals surface area contributed by atoms with Crippen molar-refractivity contribution in [3.05, 3.63) is 82.9 Å². The molecule has 0 bridgehead atoms. The maximum Gasteiger partial charge on any atom is 0.305 e. The molecule has 0 spiro atoms. The highest BCUT2D eigenvalue weighted by Gasteiger charge is 2.21. The quantitative estimate of drug-likeness (QED) is 0.487. The number of carbonyl (C=O) groups is 2. The van der Waals surface area contributed by atoms with Crippen LogP contribution in [0.3, 0.4) is 0 Å². The first kappa shape index (κ1) is 20.3. The Hall–Kier alpha value is -4.00. The minimum atomic E-state index is -0.530. The van der Waals surface area contributed by atoms with Crippen LogP contribution < -0.4 is 15.6 Å². The zero-order valence-electron chi connectivity index (χ0n) is 17.8. The van der Waals surface area contributed by atoms with Gasteiger partial charge in [-0.25, -0.2) is 0 Å². The maximum atomic E-state index is 12.8. The van der Waals surface area contributed by atoms with Gasteiger partial charge in [-0.05, 0) is 57.2 Å². The second-order valence-corrected chi connectivity index (χ2v) is 7.28. The highest BCUT2D eigenvalue weighted by atomic mass is 16.5. The number of rotatable bonds is 4. The van der Waals surface area contributed by atoms with E-state index in [1.54, 1.807) is 32.2 Å². The van der Waals surface area contributed by atoms with Gasteiger partial charge >= 0.3 is 5.91 Å². The number of hydrazine groups is 1. The Morgan fingerprint density at radius 1 is 0.935 bits per heavy atom. The summed E-state index contributed by atoms with van der Waals surface area (Å²) >= 11 is 0. The monoisotopic (exact) mass is 417 g/mol. The maximum absolute atomic E-state index is 12.8. The molecule has 0 atom stereocenters. The van der Waals surface area contributed by atoms with Crippen LogP contribution in [-0.4, -0.2) is 23.5 Å². The van der Waals surface area contributed by atoms with Crippen molar-refractivity contribution in [2.75, 3.05) is 7.11 Å². The zero-order valence-corrected chi connectivity index (χ0v) is 17.8. The van der Waals surface area contributed by atoms with Crippen LogP contribution in [0.2, 0.25) is 0 Å². The lowest BCUT2D eigenvalue weighted by molar-refractivity contribution is 0.0831. The molecule has 2 aromatic heterocycles. The van der Waals surface area contributed by atoms with Crippen molar-refractivity contribution in [1.82, 2.24) is 15.4 Å². The molecule has 0 aliphatic heterocycles. The van der Waals surface area contributed by atoms with Gasteiger partial charge in [0, 0.05) is 28.0 Å². The molecule has 4 rings (SSSR count). The number of fused-ring (bicyclic) bond motifs is 1. The Morgan fingerprint density at radius 3 is 2.35 bits per heavy atom. The minimum Gasteiger partial charge on any atom is -0.497 e. The summed E-state index contributed by atoms with van der Waals surface area (Å²) < 4.78 is 12.9. The molecule has 0 aliphatic rings. The molecular formula is C24H23N3O4. The predicted molar refractivity (Wildman–Crippen MR) is 118 cm³/mol. The number of hydrogen-bond donors (Lipinski definition) is 2. The number of furan rings is 1. The third-order valence-corrected chi connectivity index (χ3v) is 5.33. The van der Waals surface area contributed by atoms with Crippen LogP contribution in [0.5, 0.6) is 5.75 Å². The molecule has 0 saturated carbocycles. The van der Waals surface area contributed by atoms with Crippen molar-refractivity contribution in [1.29, 1.82) is 0 Å². The molecular weight excluding hydrogens is 394 g/mol. The number of benzene rings is 2. The molecule has 158 valence electrons. The lowest BCUT2D eigenvalue weighted by Gasteiger charge is -2.10. The van der Waals surface area contributed by atoms with E-state index in [1.807, 2.05) is 54.8 Å². The smallest absolute Gasteiger partial charge is 0.305 e. The molecule has 7 heteroatoms. The van der Waals surface area contributed by atoms with E-state index in [0.717, 1.165) is 22.5 Å². The number of para-hydroxylation sites is 1. The summed E-state index contributed by atoms with van der Waals surface area (Å²) in [5.74, 6) is -0.124. The Balaban J connectivity index is 1.53. The molecule has 0 radical (unpaired) electrons. The molecule has 2 heterocycles. The number of methoxy groups -OCH3 is 1. The average Bonchev–Trinajstić information content (AvgIpc) is 3.27. The van der Waals surface area contributed by atoms with Gasteiger partial charge < -0.3 is 13.7 Å². The number of carbonyl (C=O) groups excluding carboxylic acids is 2. The van der Waals surface area contributed by atoms with Crippen LogP contribution in [-0.2, 0) is 0 Å². The van der Waals surface area contributed by atoms with Crippen molar-refractivity contribution in [3.63, 3.8) is 0 Å². The first-order valence-electron chi connectivity index (χ1n) is 9.83. The molecule has 0 saturated heterocycles. The molecule has 2 amide bonds. The molecule has 4 aromatic rings. The summed E-state index contributed by atoms with van der Waals surface area (Å²) in [5.41, 5.74) is 9.32. The zero-order chi connectivity index (χ0) is 22.1. The number of ether oxygens (including phenoxy) is 1. The second-order valence-electron chi connectivity index (χ2n) is 7.28. The van der Waals surface area contributed by atoms with Gasteiger partial charge in [-0.15, -0.1) is 0 Å². The molecule has 2 N–H and O–H groups in total. The van der Waals surface area contributed by atoms with E-state index in [-0.39, 0.29) is 5.76 Å². The van der Waals surface area contributed by atoms with Gasteiger partial charge in [0.1, 0.15) is 11.3 Å². The number of aromatic nitrogens is 1. The number of nitrogens with one attached hydrogen (secondary N) is 2. The van der Waals surface area contributed by atoms with Crippen LogP contribution in [0, 0.1) is 20.8 Å². The summed E-state index contributed by atoms with van der Waals surface area (Å²) in [4.78, 5) is 25.4. The Bertz CT molecular complexity index is 1290. The van der Waals surface area contributed by atoms with Gasteiger partial charge in [-0.1, -0.05) is 18.2 Å². The van der Waals surface area contributed by atoms with Gasteiger partial charge in [-0.3, -0.25) is 20.4 Å². The van der Waals surface area contributed by atoms with Crippen molar-refractivity contribution in [2.24, 2.45) is 0 Å². The molecule has 0 aliphatic carbocycles. The van der Waals surface area contributed by atoms with Crippen molar-refractivity contribution in [3.8, 4) is 11.4 Å². The molecule has 31 heavy (non-hydrogen) atoms. The predicted octanol–water partition coefficient (Wildman–Crippen LogP) is 4.23. The van der Waals surface area contributed by atoms with Gasteiger partial charge in [0.05, 0.1) is 12.7 Å². The van der Waals surface area contributed by atoms with Gasteiger partial charge in [0.15, 0.2) is 5.76 Å². The number of hydrogen-bond acceptors (Lipinski definition) is 4. The summed E-state index contributed by atoms with van der Waals surface area (Å²) in [7, 11) is 1.58. The van der Waals surface area contributed by atoms with E-state index in [4.69, 9.17) is 9.15 Å². The summed E-state index contributed by atoms with van der Waals surface area (Å²) in [5, 5.41) is 0.780. The Kier molecular flexibility index (Phi) is 5.25. The number of nitrogens with zero attached hydrogens (tertiary/aromatic N) is 1. The standard InChI is InChI=1S/C24H23N3O4/c1-14-12-20(16(3)27(14)17-8-6-5-7-9-17)23(28)25-26-24(29)22-15(2)19-13-18(30-4)10-11-21(19)31-22/h5-13H,1-4H3,(H,25,28)(H,26,29). The Morgan fingerprint density at radius 2 is 1.65 bits per heavy atom. The normalized spacial score (nSPS) is 10.8. The largest absolute Gasteiger partial charge is 0.497 e. The van der Waals surface area contributed by atoms with Gasteiger partial charge in [0.25, 0.3) is 5.91 Å². The van der Waals surface area contributed by atoms with E-state index in [9.17, 15) is 9.59 Å². The van der Waals surface area contributed by atoms with Crippen LogP contribution in [0.1, 0.15) is 37.9 Å². The van der Waals surface area contributed by atoms with Crippen molar-refractivity contribution in [2.45, 2.75) is 20.8 Å². The van der Waals surface area contributed by atoms with Crippen molar-refractivity contribution >= 4 is 22.8 Å². The minimum absolute atomic E-state index is 0.137. The van der Waals surface area contributed by atoms with Gasteiger partial charge in [0.2, 0.25) is 0 Å². The van der Waals surface area contributed by atoms with Crippen molar-refractivity contribution < 1.29 is 18.7 Å². The van der Waals surface area contributed by atoms with E-state index < -0.39 is 11.8 Å². The SMILES string of the molecule is COc1ccc2oc(C(=O)NNC(=O)c3cc(C)n(-c4ccccc4)c3C)c(C)c2c1. The fourth-order valence-corrected chi connectivity index (χ4v) is 3.75. The summed E-state index contributed by atoms with van der Waals surface area (Å²) in [6.07, 6.45) is 0. The second kappa shape index (κ2) is 8.02. The van der Waals surface area contributed by atoms with Gasteiger partial charge in [-0.2, -0.15) is 0 Å². The number of aryl methyl sites for hydroxylation is 2. The highest BCUT2D eigenvalue weighted by molar-refractivity contribution is 6.02. The van der Waals surface area contributed by atoms with Crippen LogP contribution in [0.25, 0.3) is 16.7 Å².